The fraction of sp³-hybridized carbons (Fsp3) is 0.833. The van der Waals surface area contributed by atoms with E-state index in [4.69, 9.17) is 0 Å². The topological polar surface area (TPSA) is 0 Å². The molecule has 0 radical (unpaired) electrons. The third-order valence-corrected chi connectivity index (χ3v) is 11.4. The summed E-state index contributed by atoms with van der Waals surface area (Å²) in [6.45, 7) is 6.87. The molecule has 0 saturated heterocycles. The van der Waals surface area contributed by atoms with Crippen LogP contribution in [0.5, 0.6) is 0 Å². The second kappa shape index (κ2) is 10.6. The van der Waals surface area contributed by atoms with Gasteiger partial charge < -0.3 is 0 Å². The molecule has 0 N–H and O–H groups in total. The molecule has 0 fully saturated rings. The molecule has 1 heteroatoms. The predicted octanol–water partition coefficient (Wildman–Crippen LogP) is 4.32. The summed E-state index contributed by atoms with van der Waals surface area (Å²) in [5, 5.41) is 0. The average Bonchev–Trinajstić information content (AvgIpc) is 2.17. The van der Waals surface area contributed by atoms with Gasteiger partial charge in [0.1, 0.15) is 0 Å². The maximum atomic E-state index is 2.65. The van der Waals surface area contributed by atoms with Crippen molar-refractivity contribution in [2.75, 3.05) is 0 Å². The molecule has 0 spiro atoms. The molecule has 0 heterocycles. The van der Waals surface area contributed by atoms with Crippen molar-refractivity contribution >= 4 is 19.8 Å². The molecule has 0 nitrogen and oxygen atoms in total. The normalized spacial score (nSPS) is 11.7. The summed E-state index contributed by atoms with van der Waals surface area (Å²) in [5.41, 5.74) is 0. The molecule has 0 aromatic carbocycles. The first-order chi connectivity index (χ1) is 6.35. The molecule has 0 rings (SSSR count). The zero-order valence-corrected chi connectivity index (χ0v) is 13.0. The second-order valence-corrected chi connectivity index (χ2v) is 12.6. The van der Waals surface area contributed by atoms with Gasteiger partial charge in [0.05, 0.1) is 0 Å². The van der Waals surface area contributed by atoms with Gasteiger partial charge in [0.2, 0.25) is 0 Å². The Kier molecular flexibility index (Phi) is 11.1. The van der Waals surface area contributed by atoms with Gasteiger partial charge in [-0.3, -0.25) is 0 Å². The van der Waals surface area contributed by atoms with Crippen molar-refractivity contribution in [2.45, 2.75) is 61.7 Å². The van der Waals surface area contributed by atoms with Crippen LogP contribution in [-0.4, -0.2) is 19.8 Å². The Morgan fingerprint density at radius 1 is 0.923 bits per heavy atom. The molecule has 0 amide bonds. The van der Waals surface area contributed by atoms with Crippen molar-refractivity contribution in [1.82, 2.24) is 0 Å². The van der Waals surface area contributed by atoms with Crippen LogP contribution in [0.1, 0.15) is 52.9 Å². The van der Waals surface area contributed by atoms with E-state index in [1.165, 1.54) is 32.1 Å². The SMILES string of the molecule is CCC=[CH][SnH]([CH2]CCC)[CH2]CCC. The third-order valence-electron chi connectivity index (χ3n) is 2.50. The van der Waals surface area contributed by atoms with E-state index < -0.39 is 19.8 Å². The van der Waals surface area contributed by atoms with Crippen molar-refractivity contribution in [3.63, 3.8) is 0 Å². The summed E-state index contributed by atoms with van der Waals surface area (Å²) in [5.74, 6) is 0. The van der Waals surface area contributed by atoms with Crippen molar-refractivity contribution in [3.05, 3.63) is 10.2 Å². The first-order valence-electron chi connectivity index (χ1n) is 6.01. The van der Waals surface area contributed by atoms with Crippen molar-refractivity contribution in [3.8, 4) is 0 Å². The Balaban J connectivity index is 3.66. The Labute approximate surface area is 91.5 Å². The summed E-state index contributed by atoms with van der Waals surface area (Å²) in [6, 6.07) is 0. The predicted molar refractivity (Wildman–Crippen MR) is 66.0 cm³/mol. The van der Waals surface area contributed by atoms with Crippen LogP contribution < -0.4 is 0 Å². The third kappa shape index (κ3) is 8.86. The molecule has 0 unspecified atom stereocenters. The molecule has 0 saturated carbocycles. The van der Waals surface area contributed by atoms with E-state index >= 15 is 0 Å². The molecule has 0 aromatic heterocycles. The standard InChI is InChI=1S/2C4H9.C4H7.Sn.H/c3*1-3-4-2;;/h2*1,3-4H2,2H3;1,3H,4H2,2H3;;. The molecular weight excluding hydrogens is 263 g/mol. The second-order valence-electron chi connectivity index (χ2n) is 3.88. The molecular formula is C12H26Sn. The van der Waals surface area contributed by atoms with E-state index in [1.54, 1.807) is 8.87 Å². The van der Waals surface area contributed by atoms with E-state index in [0.29, 0.717) is 0 Å². The monoisotopic (exact) mass is 290 g/mol. The quantitative estimate of drug-likeness (QED) is 0.584. The molecule has 0 aliphatic rings. The first-order valence-corrected chi connectivity index (χ1v) is 12.6. The van der Waals surface area contributed by atoms with E-state index in [-0.39, 0.29) is 0 Å². The molecule has 0 bridgehead atoms. The van der Waals surface area contributed by atoms with Crippen LogP contribution in [0.4, 0.5) is 0 Å². The van der Waals surface area contributed by atoms with Gasteiger partial charge in [-0.05, 0) is 0 Å². The number of rotatable bonds is 8. The summed E-state index contributed by atoms with van der Waals surface area (Å²) >= 11 is -1.15. The minimum absolute atomic E-state index is 1.15. The Morgan fingerprint density at radius 3 is 1.85 bits per heavy atom. The maximum absolute atomic E-state index is 2.65. The van der Waals surface area contributed by atoms with Crippen LogP contribution in [0.25, 0.3) is 0 Å². The van der Waals surface area contributed by atoms with E-state index in [1.807, 2.05) is 0 Å². The van der Waals surface area contributed by atoms with Gasteiger partial charge in [-0.1, -0.05) is 0 Å². The summed E-state index contributed by atoms with van der Waals surface area (Å²) in [6.07, 6.45) is 9.41. The van der Waals surface area contributed by atoms with Gasteiger partial charge in [0, 0.05) is 0 Å². The molecule has 78 valence electrons. The van der Waals surface area contributed by atoms with E-state index in [9.17, 15) is 0 Å². The zero-order valence-electron chi connectivity index (χ0n) is 9.68. The van der Waals surface area contributed by atoms with Gasteiger partial charge in [0.25, 0.3) is 0 Å². The zero-order chi connectivity index (χ0) is 9.94. The van der Waals surface area contributed by atoms with Gasteiger partial charge in [-0.25, -0.2) is 0 Å². The van der Waals surface area contributed by atoms with Crippen LogP contribution in [0.15, 0.2) is 10.2 Å². The molecule has 13 heavy (non-hydrogen) atoms. The minimum atomic E-state index is -1.15. The Hall–Kier alpha value is 0.539. The van der Waals surface area contributed by atoms with Gasteiger partial charge in [0.15, 0.2) is 0 Å². The molecule has 0 aliphatic heterocycles. The fourth-order valence-corrected chi connectivity index (χ4v) is 10.7. The van der Waals surface area contributed by atoms with Crippen LogP contribution >= 0.6 is 0 Å². The fourth-order valence-electron chi connectivity index (χ4n) is 1.60. The van der Waals surface area contributed by atoms with Crippen molar-refractivity contribution in [1.29, 1.82) is 0 Å². The summed E-state index contributed by atoms with van der Waals surface area (Å²) in [4.78, 5) is 0. The number of allylic oxidation sites excluding steroid dienone is 1. The number of hydrogen-bond donors (Lipinski definition) is 0. The van der Waals surface area contributed by atoms with Gasteiger partial charge >= 0.3 is 91.7 Å². The molecule has 0 aliphatic carbocycles. The van der Waals surface area contributed by atoms with Crippen LogP contribution in [0, 0.1) is 0 Å². The van der Waals surface area contributed by atoms with E-state index in [2.05, 4.69) is 30.9 Å². The van der Waals surface area contributed by atoms with Gasteiger partial charge in [-0.2, -0.15) is 0 Å². The summed E-state index contributed by atoms with van der Waals surface area (Å²) < 4.78 is 5.86. The summed E-state index contributed by atoms with van der Waals surface area (Å²) in [7, 11) is 0. The van der Waals surface area contributed by atoms with Crippen molar-refractivity contribution < 1.29 is 0 Å². The Morgan fingerprint density at radius 2 is 1.46 bits per heavy atom. The van der Waals surface area contributed by atoms with Crippen LogP contribution in [0.2, 0.25) is 8.87 Å². The Bertz CT molecular complexity index is 110. The van der Waals surface area contributed by atoms with Crippen LogP contribution in [0.3, 0.4) is 0 Å². The molecule has 0 atom stereocenters. The van der Waals surface area contributed by atoms with Crippen molar-refractivity contribution in [2.24, 2.45) is 0 Å². The van der Waals surface area contributed by atoms with Crippen LogP contribution in [-0.2, 0) is 0 Å². The first kappa shape index (κ1) is 13.5. The molecule has 0 aromatic rings. The van der Waals surface area contributed by atoms with E-state index in [0.717, 1.165) is 0 Å². The number of hydrogen-bond acceptors (Lipinski definition) is 0. The average molecular weight is 289 g/mol. The number of unbranched alkanes of at least 4 members (excludes halogenated alkanes) is 2. The van der Waals surface area contributed by atoms with Gasteiger partial charge in [-0.15, -0.1) is 0 Å².